The number of likely N-dealkylation sites (N-methyl/N-ethyl adjacent to an activating group) is 1. The zero-order chi connectivity index (χ0) is 16.1. The first-order valence-corrected chi connectivity index (χ1v) is 6.90. The number of carboxylic acid groups (broad SMARTS) is 1. The first kappa shape index (κ1) is 15.7. The summed E-state index contributed by atoms with van der Waals surface area (Å²) in [6, 6.07) is 3.36. The van der Waals surface area contributed by atoms with E-state index in [2.05, 4.69) is 4.98 Å². The smallest absolute Gasteiger partial charge is 0.305 e. The summed E-state index contributed by atoms with van der Waals surface area (Å²) in [4.78, 5) is 41.6. The van der Waals surface area contributed by atoms with Crippen molar-refractivity contribution in [3.05, 3.63) is 18.3 Å². The molecule has 0 unspecified atom stereocenters. The van der Waals surface area contributed by atoms with Gasteiger partial charge in [0.25, 0.3) is 5.91 Å². The number of hydrogen-bond acceptors (Lipinski definition) is 5. The van der Waals surface area contributed by atoms with Crippen LogP contribution in [0.4, 0.5) is 5.82 Å². The van der Waals surface area contributed by atoms with Gasteiger partial charge in [-0.15, -0.1) is 0 Å². The van der Waals surface area contributed by atoms with Crippen molar-refractivity contribution in [2.24, 2.45) is 0 Å². The molecule has 2 heterocycles. The Hall–Kier alpha value is -2.64. The van der Waals surface area contributed by atoms with Crippen LogP contribution in [0.3, 0.4) is 0 Å². The van der Waals surface area contributed by atoms with Gasteiger partial charge >= 0.3 is 5.97 Å². The molecule has 1 aromatic heterocycles. The Bertz CT molecular complexity index is 590. The molecule has 8 nitrogen and oxygen atoms in total. The molecule has 0 saturated carbocycles. The van der Waals surface area contributed by atoms with Gasteiger partial charge in [-0.05, 0) is 19.1 Å². The van der Waals surface area contributed by atoms with Crippen LogP contribution in [0.1, 0.15) is 13.3 Å². The second-order valence-electron chi connectivity index (χ2n) is 4.71. The summed E-state index contributed by atoms with van der Waals surface area (Å²) in [5.74, 6) is -0.893. The number of carboxylic acids is 1. The number of hydrogen-bond donors (Lipinski definition) is 1. The third kappa shape index (κ3) is 3.51. The molecule has 22 heavy (non-hydrogen) atoms. The normalized spacial score (nSPS) is 13.3. The van der Waals surface area contributed by atoms with E-state index in [1.54, 1.807) is 19.1 Å². The molecule has 0 bridgehead atoms. The highest BCUT2D eigenvalue weighted by Gasteiger charge is 2.29. The van der Waals surface area contributed by atoms with E-state index in [0.29, 0.717) is 18.1 Å². The lowest BCUT2D eigenvalue weighted by atomic mass is 10.3. The number of ether oxygens (including phenoxy) is 1. The molecule has 0 aromatic carbocycles. The third-order valence-corrected chi connectivity index (χ3v) is 3.28. The van der Waals surface area contributed by atoms with E-state index in [-0.39, 0.29) is 37.9 Å². The van der Waals surface area contributed by atoms with Crippen molar-refractivity contribution >= 4 is 23.6 Å². The lowest BCUT2D eigenvalue weighted by Gasteiger charge is -2.29. The topological polar surface area (TPSA) is 100 Å². The van der Waals surface area contributed by atoms with Crippen LogP contribution in [0.2, 0.25) is 0 Å². The minimum Gasteiger partial charge on any atom is -0.481 e. The molecule has 0 atom stereocenters. The van der Waals surface area contributed by atoms with Crippen molar-refractivity contribution in [3.63, 3.8) is 0 Å². The zero-order valence-electron chi connectivity index (χ0n) is 12.2. The fourth-order valence-corrected chi connectivity index (χ4v) is 2.12. The maximum atomic E-state index is 12.3. The number of carbonyl (C=O) groups excluding carboxylic acids is 2. The number of carbonyl (C=O) groups is 3. The highest BCUT2D eigenvalue weighted by atomic mass is 16.5. The van der Waals surface area contributed by atoms with Crippen molar-refractivity contribution in [3.8, 4) is 5.75 Å². The summed E-state index contributed by atoms with van der Waals surface area (Å²) in [6.45, 7) is 1.91. The molecule has 118 valence electrons. The molecule has 0 aliphatic carbocycles. The van der Waals surface area contributed by atoms with Crippen LogP contribution >= 0.6 is 0 Å². The summed E-state index contributed by atoms with van der Waals surface area (Å²) >= 11 is 0. The average Bonchev–Trinajstić information content (AvgIpc) is 2.50. The third-order valence-electron chi connectivity index (χ3n) is 3.28. The molecular weight excluding hydrogens is 290 g/mol. The maximum absolute atomic E-state index is 12.3. The molecule has 2 amide bonds. The average molecular weight is 307 g/mol. The Balaban J connectivity index is 2.10. The summed E-state index contributed by atoms with van der Waals surface area (Å²) in [7, 11) is 0. The van der Waals surface area contributed by atoms with E-state index in [9.17, 15) is 14.4 Å². The number of rotatable bonds is 6. The predicted octanol–water partition coefficient (Wildman–Crippen LogP) is 0.130. The van der Waals surface area contributed by atoms with Gasteiger partial charge in [0.1, 0.15) is 6.54 Å². The summed E-state index contributed by atoms with van der Waals surface area (Å²) in [5.41, 5.74) is 0. The number of pyridine rings is 1. The van der Waals surface area contributed by atoms with E-state index in [1.807, 2.05) is 0 Å². The van der Waals surface area contributed by atoms with Gasteiger partial charge in [-0.25, -0.2) is 4.98 Å². The number of anilines is 1. The largest absolute Gasteiger partial charge is 0.481 e. The minimum absolute atomic E-state index is 0.109. The molecule has 1 aliphatic rings. The van der Waals surface area contributed by atoms with Crippen LogP contribution in [0.15, 0.2) is 18.3 Å². The SMILES string of the molecule is CCN(CCC(=O)O)C(=O)CN1C(=O)COc2cccnc21. The van der Waals surface area contributed by atoms with Crippen LogP contribution < -0.4 is 9.64 Å². The summed E-state index contributed by atoms with van der Waals surface area (Å²) in [6.07, 6.45) is 1.38. The van der Waals surface area contributed by atoms with Gasteiger partial charge in [0, 0.05) is 19.3 Å². The lowest BCUT2D eigenvalue weighted by Crippen LogP contribution is -2.47. The monoisotopic (exact) mass is 307 g/mol. The second kappa shape index (κ2) is 6.88. The Labute approximate surface area is 127 Å². The minimum atomic E-state index is -0.972. The molecule has 0 fully saturated rings. The van der Waals surface area contributed by atoms with E-state index in [0.717, 1.165) is 0 Å². The van der Waals surface area contributed by atoms with Crippen molar-refractivity contribution in [1.29, 1.82) is 0 Å². The van der Waals surface area contributed by atoms with Crippen molar-refractivity contribution in [2.45, 2.75) is 13.3 Å². The van der Waals surface area contributed by atoms with Crippen LogP contribution in [0.25, 0.3) is 0 Å². The Kier molecular flexibility index (Phi) is 4.92. The first-order chi connectivity index (χ1) is 10.5. The number of amides is 2. The number of nitrogens with zero attached hydrogens (tertiary/aromatic N) is 3. The van der Waals surface area contributed by atoms with Crippen LogP contribution in [-0.2, 0) is 14.4 Å². The standard InChI is InChI=1S/C14H17N3O5/c1-2-16(7-5-13(20)21)11(18)8-17-12(19)9-22-10-4-3-6-15-14(10)17/h3-4,6H,2,5,7-9H2,1H3,(H,20,21). The Morgan fingerprint density at radius 3 is 2.95 bits per heavy atom. The van der Waals surface area contributed by atoms with E-state index < -0.39 is 5.97 Å². The fourth-order valence-electron chi connectivity index (χ4n) is 2.12. The van der Waals surface area contributed by atoms with E-state index in [4.69, 9.17) is 9.84 Å². The summed E-state index contributed by atoms with van der Waals surface area (Å²) < 4.78 is 5.26. The van der Waals surface area contributed by atoms with Gasteiger partial charge in [-0.3, -0.25) is 19.3 Å². The number of aliphatic carboxylic acids is 1. The van der Waals surface area contributed by atoms with Crippen LogP contribution in [0, 0.1) is 0 Å². The maximum Gasteiger partial charge on any atom is 0.305 e. The number of fused-ring (bicyclic) bond motifs is 1. The second-order valence-corrected chi connectivity index (χ2v) is 4.71. The quantitative estimate of drug-likeness (QED) is 0.802. The highest BCUT2D eigenvalue weighted by Crippen LogP contribution is 2.28. The van der Waals surface area contributed by atoms with E-state index >= 15 is 0 Å². The van der Waals surface area contributed by atoms with E-state index in [1.165, 1.54) is 16.0 Å². The Morgan fingerprint density at radius 1 is 1.50 bits per heavy atom. The van der Waals surface area contributed by atoms with Gasteiger partial charge in [-0.1, -0.05) is 0 Å². The zero-order valence-corrected chi connectivity index (χ0v) is 12.2. The molecule has 1 N–H and O–H groups in total. The number of aromatic nitrogens is 1. The highest BCUT2D eigenvalue weighted by molar-refractivity contribution is 6.01. The van der Waals surface area contributed by atoms with Gasteiger partial charge < -0.3 is 14.7 Å². The van der Waals surface area contributed by atoms with Gasteiger partial charge in [0.2, 0.25) is 5.91 Å². The van der Waals surface area contributed by atoms with Crippen molar-refractivity contribution < 1.29 is 24.2 Å². The molecule has 0 saturated heterocycles. The predicted molar refractivity (Wildman–Crippen MR) is 76.6 cm³/mol. The van der Waals surface area contributed by atoms with Crippen molar-refractivity contribution in [1.82, 2.24) is 9.88 Å². The lowest BCUT2D eigenvalue weighted by molar-refractivity contribution is -0.138. The van der Waals surface area contributed by atoms with Crippen molar-refractivity contribution in [2.75, 3.05) is 31.1 Å². The molecule has 1 aromatic rings. The fraction of sp³-hybridized carbons (Fsp3) is 0.429. The summed E-state index contributed by atoms with van der Waals surface area (Å²) in [5, 5.41) is 8.70. The molecule has 2 rings (SSSR count). The van der Waals surface area contributed by atoms with Crippen LogP contribution in [-0.4, -0.2) is 59.0 Å². The molecular formula is C14H17N3O5. The van der Waals surface area contributed by atoms with Gasteiger partial charge in [-0.2, -0.15) is 0 Å². The molecule has 8 heteroatoms. The first-order valence-electron chi connectivity index (χ1n) is 6.90. The molecule has 0 radical (unpaired) electrons. The van der Waals surface area contributed by atoms with Crippen LogP contribution in [0.5, 0.6) is 5.75 Å². The molecule has 0 spiro atoms. The van der Waals surface area contributed by atoms with Gasteiger partial charge in [0.05, 0.1) is 6.42 Å². The van der Waals surface area contributed by atoms with Gasteiger partial charge in [0.15, 0.2) is 18.2 Å². The Morgan fingerprint density at radius 2 is 2.27 bits per heavy atom. The molecule has 1 aliphatic heterocycles.